The van der Waals surface area contributed by atoms with E-state index in [9.17, 15) is 17.6 Å². The summed E-state index contributed by atoms with van der Waals surface area (Å²) in [6, 6.07) is 11.1. The summed E-state index contributed by atoms with van der Waals surface area (Å²) < 4.78 is 43.0. The summed E-state index contributed by atoms with van der Waals surface area (Å²) in [6.45, 7) is -0.247. The molecule has 128 valence electrons. The lowest BCUT2D eigenvalue weighted by atomic mass is 10.3. The molecule has 0 aromatic heterocycles. The standard InChI is InChI=1S/C16H17FN2O4S/c1-19(2)24(21,22)15-9-5-13(6-10-15)18-16(20)11-23-14-7-3-12(17)4-8-14/h3-10H,11H2,1-2H3,(H,18,20). The molecule has 0 aliphatic heterocycles. The first-order valence-electron chi connectivity index (χ1n) is 7.00. The van der Waals surface area contributed by atoms with Gasteiger partial charge in [0.15, 0.2) is 6.61 Å². The van der Waals surface area contributed by atoms with Crippen molar-refractivity contribution in [3.05, 3.63) is 54.3 Å². The Hall–Kier alpha value is -2.45. The Balaban J connectivity index is 1.93. The highest BCUT2D eigenvalue weighted by Crippen LogP contribution is 2.17. The van der Waals surface area contributed by atoms with Crippen LogP contribution in [0, 0.1) is 5.82 Å². The molecule has 0 aliphatic carbocycles. The lowest BCUT2D eigenvalue weighted by molar-refractivity contribution is -0.118. The van der Waals surface area contributed by atoms with Gasteiger partial charge in [0, 0.05) is 19.8 Å². The zero-order chi connectivity index (χ0) is 17.7. The van der Waals surface area contributed by atoms with Crippen molar-refractivity contribution in [1.82, 2.24) is 4.31 Å². The Morgan fingerprint density at radius 2 is 1.67 bits per heavy atom. The van der Waals surface area contributed by atoms with Crippen LogP contribution in [0.3, 0.4) is 0 Å². The molecule has 0 unspecified atom stereocenters. The van der Waals surface area contributed by atoms with E-state index >= 15 is 0 Å². The van der Waals surface area contributed by atoms with E-state index in [1.54, 1.807) is 0 Å². The molecule has 0 fully saturated rings. The number of hydrogen-bond acceptors (Lipinski definition) is 4. The number of amides is 1. The molecular formula is C16H17FN2O4S. The highest BCUT2D eigenvalue weighted by atomic mass is 32.2. The molecule has 0 saturated heterocycles. The molecule has 2 aromatic carbocycles. The summed E-state index contributed by atoms with van der Waals surface area (Å²) in [7, 11) is -0.622. The Bertz CT molecular complexity index is 803. The number of rotatable bonds is 6. The largest absolute Gasteiger partial charge is 0.484 e. The van der Waals surface area contributed by atoms with Gasteiger partial charge in [0.05, 0.1) is 4.90 Å². The number of carbonyl (C=O) groups is 1. The molecule has 6 nitrogen and oxygen atoms in total. The number of benzene rings is 2. The fourth-order valence-corrected chi connectivity index (χ4v) is 2.70. The van der Waals surface area contributed by atoms with Crippen LogP contribution in [-0.4, -0.2) is 39.3 Å². The van der Waals surface area contributed by atoms with Crippen molar-refractivity contribution in [1.29, 1.82) is 0 Å². The second-order valence-electron chi connectivity index (χ2n) is 5.10. The molecule has 8 heteroatoms. The van der Waals surface area contributed by atoms with E-state index < -0.39 is 15.9 Å². The van der Waals surface area contributed by atoms with E-state index in [1.165, 1.54) is 62.6 Å². The van der Waals surface area contributed by atoms with Gasteiger partial charge in [0.1, 0.15) is 11.6 Å². The van der Waals surface area contributed by atoms with Crippen molar-refractivity contribution >= 4 is 21.6 Å². The fraction of sp³-hybridized carbons (Fsp3) is 0.188. The van der Waals surface area contributed by atoms with E-state index in [4.69, 9.17) is 4.74 Å². The summed E-state index contributed by atoms with van der Waals surface area (Å²) in [5.74, 6) is -0.430. The first-order chi connectivity index (χ1) is 11.3. The predicted octanol–water partition coefficient (Wildman–Crippen LogP) is 2.09. The molecule has 24 heavy (non-hydrogen) atoms. The average Bonchev–Trinajstić information content (AvgIpc) is 2.54. The van der Waals surface area contributed by atoms with Crippen molar-refractivity contribution in [3.8, 4) is 5.75 Å². The summed E-state index contributed by atoms with van der Waals surface area (Å²) in [6.07, 6.45) is 0. The Labute approximate surface area is 139 Å². The van der Waals surface area contributed by atoms with Gasteiger partial charge in [-0.05, 0) is 48.5 Å². The Kier molecular flexibility index (Phi) is 5.53. The molecule has 1 N–H and O–H groups in total. The molecule has 0 atom stereocenters. The lowest BCUT2D eigenvalue weighted by Crippen LogP contribution is -2.22. The SMILES string of the molecule is CN(C)S(=O)(=O)c1ccc(NC(=O)COc2ccc(F)cc2)cc1. The zero-order valence-corrected chi connectivity index (χ0v) is 14.0. The molecule has 2 aromatic rings. The lowest BCUT2D eigenvalue weighted by Gasteiger charge is -2.12. The van der Waals surface area contributed by atoms with Gasteiger partial charge in [-0.25, -0.2) is 17.1 Å². The third-order valence-electron chi connectivity index (χ3n) is 3.10. The highest BCUT2D eigenvalue weighted by molar-refractivity contribution is 7.89. The van der Waals surface area contributed by atoms with Gasteiger partial charge in [0.25, 0.3) is 5.91 Å². The first-order valence-corrected chi connectivity index (χ1v) is 8.44. The van der Waals surface area contributed by atoms with Gasteiger partial charge in [-0.3, -0.25) is 4.79 Å². The first kappa shape index (κ1) is 17.9. The van der Waals surface area contributed by atoms with Crippen LogP contribution in [0.15, 0.2) is 53.4 Å². The predicted molar refractivity (Wildman–Crippen MR) is 87.8 cm³/mol. The van der Waals surface area contributed by atoms with Crippen LogP contribution in [0.4, 0.5) is 10.1 Å². The number of nitrogens with zero attached hydrogens (tertiary/aromatic N) is 1. The summed E-state index contributed by atoms with van der Waals surface area (Å²) in [4.78, 5) is 11.9. The van der Waals surface area contributed by atoms with Crippen LogP contribution in [0.1, 0.15) is 0 Å². The normalized spacial score (nSPS) is 11.3. The molecule has 0 bridgehead atoms. The molecule has 0 saturated carbocycles. The van der Waals surface area contributed by atoms with Crippen LogP contribution >= 0.6 is 0 Å². The Morgan fingerprint density at radius 3 is 2.21 bits per heavy atom. The number of halogens is 1. The van der Waals surface area contributed by atoms with E-state index in [1.807, 2.05) is 0 Å². The van der Waals surface area contributed by atoms with Crippen LogP contribution in [-0.2, 0) is 14.8 Å². The van der Waals surface area contributed by atoms with E-state index in [0.29, 0.717) is 11.4 Å². The minimum absolute atomic E-state index is 0.132. The maximum Gasteiger partial charge on any atom is 0.262 e. The van der Waals surface area contributed by atoms with Crippen LogP contribution in [0.5, 0.6) is 5.75 Å². The maximum atomic E-state index is 12.8. The minimum atomic E-state index is -3.51. The van der Waals surface area contributed by atoms with Gasteiger partial charge < -0.3 is 10.1 Å². The van der Waals surface area contributed by atoms with Crippen molar-refractivity contribution in [2.75, 3.05) is 26.0 Å². The summed E-state index contributed by atoms with van der Waals surface area (Å²) >= 11 is 0. The number of nitrogens with one attached hydrogen (secondary N) is 1. The molecular weight excluding hydrogens is 335 g/mol. The summed E-state index contributed by atoms with van der Waals surface area (Å²) in [5.41, 5.74) is 0.445. The van der Waals surface area contributed by atoms with Gasteiger partial charge in [0.2, 0.25) is 10.0 Å². The Morgan fingerprint density at radius 1 is 1.08 bits per heavy atom. The number of ether oxygens (including phenoxy) is 1. The van der Waals surface area contributed by atoms with Crippen molar-refractivity contribution in [3.63, 3.8) is 0 Å². The molecule has 0 heterocycles. The van der Waals surface area contributed by atoms with Gasteiger partial charge >= 0.3 is 0 Å². The quantitative estimate of drug-likeness (QED) is 0.864. The summed E-state index contributed by atoms with van der Waals surface area (Å²) in [5, 5.41) is 2.58. The second kappa shape index (κ2) is 7.41. The number of anilines is 1. The van der Waals surface area contributed by atoms with E-state index in [0.717, 1.165) is 4.31 Å². The van der Waals surface area contributed by atoms with Crippen LogP contribution < -0.4 is 10.1 Å². The third-order valence-corrected chi connectivity index (χ3v) is 4.93. The zero-order valence-electron chi connectivity index (χ0n) is 13.2. The molecule has 2 rings (SSSR count). The van der Waals surface area contributed by atoms with E-state index in [-0.39, 0.29) is 17.3 Å². The van der Waals surface area contributed by atoms with Crippen LogP contribution in [0.2, 0.25) is 0 Å². The van der Waals surface area contributed by atoms with Crippen LogP contribution in [0.25, 0.3) is 0 Å². The maximum absolute atomic E-state index is 12.8. The topological polar surface area (TPSA) is 75.7 Å². The highest BCUT2D eigenvalue weighted by Gasteiger charge is 2.16. The molecule has 1 amide bonds. The molecule has 0 spiro atoms. The number of carbonyl (C=O) groups excluding carboxylic acids is 1. The minimum Gasteiger partial charge on any atom is -0.484 e. The molecule has 0 aliphatic rings. The van der Waals surface area contributed by atoms with Crippen molar-refractivity contribution < 1.29 is 22.3 Å². The second-order valence-corrected chi connectivity index (χ2v) is 7.25. The average molecular weight is 352 g/mol. The molecule has 0 radical (unpaired) electrons. The van der Waals surface area contributed by atoms with Crippen molar-refractivity contribution in [2.45, 2.75) is 4.90 Å². The van der Waals surface area contributed by atoms with Crippen molar-refractivity contribution in [2.24, 2.45) is 0 Å². The third kappa shape index (κ3) is 4.53. The smallest absolute Gasteiger partial charge is 0.262 e. The monoisotopic (exact) mass is 352 g/mol. The number of sulfonamides is 1. The number of hydrogen-bond donors (Lipinski definition) is 1. The van der Waals surface area contributed by atoms with E-state index in [2.05, 4.69) is 5.32 Å². The van der Waals surface area contributed by atoms with Gasteiger partial charge in [-0.1, -0.05) is 0 Å². The fourth-order valence-electron chi connectivity index (χ4n) is 1.80. The van der Waals surface area contributed by atoms with Gasteiger partial charge in [-0.15, -0.1) is 0 Å². The van der Waals surface area contributed by atoms with Gasteiger partial charge in [-0.2, -0.15) is 0 Å².